The summed E-state index contributed by atoms with van der Waals surface area (Å²) in [4.78, 5) is 20.3. The molecule has 1 saturated heterocycles. The Morgan fingerprint density at radius 2 is 1.89 bits per heavy atom. The molecule has 6 nitrogen and oxygen atoms in total. The van der Waals surface area contributed by atoms with Crippen LogP contribution in [0.15, 0.2) is 33.7 Å². The van der Waals surface area contributed by atoms with Gasteiger partial charge in [-0.2, -0.15) is 0 Å². The number of carbonyl (C=O) groups excluding carboxylic acids is 1. The van der Waals surface area contributed by atoms with Crippen molar-refractivity contribution in [3.63, 3.8) is 0 Å². The number of nitrogens with zero attached hydrogens (tertiary/aromatic N) is 3. The summed E-state index contributed by atoms with van der Waals surface area (Å²) in [5, 5.41) is 6.83. The molecule has 0 bridgehead atoms. The topological polar surface area (TPSA) is 60.0 Å². The van der Waals surface area contributed by atoms with Crippen LogP contribution in [0.2, 0.25) is 0 Å². The lowest BCUT2D eigenvalue weighted by atomic mass is 10.0. The lowest BCUT2D eigenvalue weighted by Crippen LogP contribution is -2.49. The second kappa shape index (κ2) is 13.4. The van der Waals surface area contributed by atoms with E-state index in [0.717, 1.165) is 55.9 Å². The van der Waals surface area contributed by atoms with E-state index in [1.165, 1.54) is 5.56 Å². The third-order valence-electron chi connectivity index (χ3n) is 4.66. The average molecular weight is 566 g/mol. The van der Waals surface area contributed by atoms with Crippen LogP contribution < -0.4 is 10.6 Å². The molecule has 158 valence electrons. The largest absolute Gasteiger partial charge is 0.356 e. The highest BCUT2D eigenvalue weighted by atomic mass is 127. The second-order valence-electron chi connectivity index (χ2n) is 7.20. The molecule has 0 aromatic heterocycles. The molecule has 0 radical (unpaired) electrons. The summed E-state index contributed by atoms with van der Waals surface area (Å²) < 4.78 is 1.12. The van der Waals surface area contributed by atoms with Crippen LogP contribution in [0.1, 0.15) is 31.7 Å². The number of rotatable bonds is 7. The summed E-state index contributed by atoms with van der Waals surface area (Å²) >= 11 is 3.49. The van der Waals surface area contributed by atoms with Gasteiger partial charge in [-0.1, -0.05) is 35.0 Å². The first kappa shape index (κ1) is 25.2. The Labute approximate surface area is 194 Å². The molecule has 1 aromatic rings. The summed E-state index contributed by atoms with van der Waals surface area (Å²) in [5.74, 6) is 0.760. The number of amides is 1. The van der Waals surface area contributed by atoms with Crippen molar-refractivity contribution in [3.8, 4) is 0 Å². The predicted octanol–water partition coefficient (Wildman–Crippen LogP) is 3.06. The minimum Gasteiger partial charge on any atom is -0.356 e. The van der Waals surface area contributed by atoms with Crippen LogP contribution >= 0.6 is 39.9 Å². The number of carbonyl (C=O) groups is 1. The Balaban J connectivity index is 0.00000392. The number of nitrogens with one attached hydrogen (secondary N) is 2. The van der Waals surface area contributed by atoms with Crippen LogP contribution in [0.5, 0.6) is 0 Å². The molecule has 1 fully saturated rings. The number of benzene rings is 1. The van der Waals surface area contributed by atoms with Crippen molar-refractivity contribution in [1.82, 2.24) is 20.4 Å². The van der Waals surface area contributed by atoms with Crippen molar-refractivity contribution < 1.29 is 4.79 Å². The summed E-state index contributed by atoms with van der Waals surface area (Å²) in [6.07, 6.45) is 3.17. The minimum absolute atomic E-state index is 0. The predicted molar refractivity (Wildman–Crippen MR) is 130 cm³/mol. The monoisotopic (exact) mass is 565 g/mol. The van der Waals surface area contributed by atoms with Crippen LogP contribution in [0, 0.1) is 0 Å². The highest BCUT2D eigenvalue weighted by Gasteiger charge is 2.20. The highest BCUT2D eigenvalue weighted by molar-refractivity contribution is 14.0. The summed E-state index contributed by atoms with van der Waals surface area (Å²) in [7, 11) is 3.51. The highest BCUT2D eigenvalue weighted by Crippen LogP contribution is 2.16. The Morgan fingerprint density at radius 3 is 2.46 bits per heavy atom. The van der Waals surface area contributed by atoms with Gasteiger partial charge >= 0.3 is 0 Å². The molecule has 1 amide bonds. The Bertz CT molecular complexity index is 616. The smallest absolute Gasteiger partial charge is 0.243 e. The quantitative estimate of drug-likeness (QED) is 0.303. The van der Waals surface area contributed by atoms with Crippen molar-refractivity contribution in [3.05, 3.63) is 34.3 Å². The lowest BCUT2D eigenvalue weighted by Gasteiger charge is -2.33. The summed E-state index contributed by atoms with van der Waals surface area (Å²) in [5.41, 5.74) is 1.35. The molecule has 2 rings (SSSR count). The number of piperidine rings is 1. The SMILES string of the molecule is CCCNC(=NCC(=O)N(C)C)NC1CCN(Cc2ccc(Br)cc2)CC1.I. The van der Waals surface area contributed by atoms with Gasteiger partial charge < -0.3 is 15.5 Å². The fourth-order valence-corrected chi connectivity index (χ4v) is 3.23. The Morgan fingerprint density at radius 1 is 1.25 bits per heavy atom. The van der Waals surface area contributed by atoms with Crippen molar-refractivity contribution >= 4 is 51.8 Å². The standard InChI is InChI=1S/C20H32BrN5O.HI/c1-4-11-22-20(23-14-19(27)25(2)3)24-18-9-12-26(13-10-18)15-16-5-7-17(21)8-6-16;/h5-8,18H,4,9-15H2,1-3H3,(H2,22,23,24);1H. The number of hydrogen-bond donors (Lipinski definition) is 2. The van der Waals surface area contributed by atoms with Crippen molar-refractivity contribution in [2.45, 2.75) is 38.8 Å². The van der Waals surface area contributed by atoms with Gasteiger partial charge in [0.1, 0.15) is 6.54 Å². The van der Waals surface area contributed by atoms with Crippen LogP contribution in [-0.4, -0.2) is 68.0 Å². The molecular weight excluding hydrogens is 533 g/mol. The van der Waals surface area contributed by atoms with Gasteiger partial charge in [-0.25, -0.2) is 4.99 Å². The van der Waals surface area contributed by atoms with E-state index in [-0.39, 0.29) is 36.4 Å². The van der Waals surface area contributed by atoms with Gasteiger partial charge in [-0.3, -0.25) is 9.69 Å². The van der Waals surface area contributed by atoms with E-state index in [9.17, 15) is 4.79 Å². The maximum absolute atomic E-state index is 11.8. The van der Waals surface area contributed by atoms with E-state index in [4.69, 9.17) is 0 Å². The van der Waals surface area contributed by atoms with E-state index in [2.05, 4.69) is 67.6 Å². The van der Waals surface area contributed by atoms with Gasteiger partial charge in [0.2, 0.25) is 5.91 Å². The first-order chi connectivity index (χ1) is 13.0. The van der Waals surface area contributed by atoms with Crippen LogP contribution in [0.3, 0.4) is 0 Å². The Kier molecular flexibility index (Phi) is 12.0. The van der Waals surface area contributed by atoms with E-state index in [1.807, 2.05) is 0 Å². The van der Waals surface area contributed by atoms with E-state index < -0.39 is 0 Å². The molecule has 0 unspecified atom stereocenters. The maximum Gasteiger partial charge on any atom is 0.243 e. The normalized spacial score (nSPS) is 15.6. The molecule has 1 aliphatic rings. The van der Waals surface area contributed by atoms with Gasteiger partial charge in [0.05, 0.1) is 0 Å². The molecule has 0 spiro atoms. The van der Waals surface area contributed by atoms with Crippen molar-refractivity contribution in [2.24, 2.45) is 4.99 Å². The average Bonchev–Trinajstić information content (AvgIpc) is 2.66. The zero-order valence-electron chi connectivity index (χ0n) is 17.1. The molecule has 28 heavy (non-hydrogen) atoms. The molecule has 0 aliphatic carbocycles. The van der Waals surface area contributed by atoms with E-state index >= 15 is 0 Å². The van der Waals surface area contributed by atoms with E-state index in [0.29, 0.717) is 6.04 Å². The minimum atomic E-state index is 0. The first-order valence-electron chi connectivity index (χ1n) is 9.69. The molecule has 0 atom stereocenters. The molecule has 0 saturated carbocycles. The molecule has 1 aliphatic heterocycles. The number of likely N-dealkylation sites (tertiary alicyclic amines) is 1. The third-order valence-corrected chi connectivity index (χ3v) is 5.19. The molecular formula is C20H33BrIN5O. The third kappa shape index (κ3) is 9.09. The van der Waals surface area contributed by atoms with Crippen LogP contribution in [0.4, 0.5) is 0 Å². The maximum atomic E-state index is 11.8. The zero-order valence-corrected chi connectivity index (χ0v) is 21.0. The number of aliphatic imine (C=N–C) groups is 1. The number of likely N-dealkylation sites (N-methyl/N-ethyl adjacent to an activating group) is 1. The molecule has 8 heteroatoms. The summed E-state index contributed by atoms with van der Waals surface area (Å²) in [6, 6.07) is 8.94. The van der Waals surface area contributed by atoms with Crippen molar-refractivity contribution in [2.75, 3.05) is 40.3 Å². The van der Waals surface area contributed by atoms with Gasteiger partial charge in [-0.15, -0.1) is 24.0 Å². The van der Waals surface area contributed by atoms with Gasteiger partial charge in [0.25, 0.3) is 0 Å². The number of guanidine groups is 1. The van der Waals surface area contributed by atoms with Crippen molar-refractivity contribution in [1.29, 1.82) is 0 Å². The van der Waals surface area contributed by atoms with Gasteiger partial charge in [0.15, 0.2) is 5.96 Å². The van der Waals surface area contributed by atoms with Crippen LogP contribution in [-0.2, 0) is 11.3 Å². The van der Waals surface area contributed by atoms with Gasteiger partial charge in [0, 0.05) is 50.8 Å². The zero-order chi connectivity index (χ0) is 19.6. The molecule has 2 N–H and O–H groups in total. The van der Waals surface area contributed by atoms with E-state index in [1.54, 1.807) is 19.0 Å². The summed E-state index contributed by atoms with van der Waals surface area (Å²) in [6.45, 7) is 6.26. The second-order valence-corrected chi connectivity index (χ2v) is 8.12. The molecule has 1 heterocycles. The Hall–Kier alpha value is -0.870. The number of hydrogen-bond acceptors (Lipinski definition) is 3. The first-order valence-corrected chi connectivity index (χ1v) is 10.5. The fraction of sp³-hybridized carbons (Fsp3) is 0.600. The van der Waals surface area contributed by atoms with Gasteiger partial charge in [-0.05, 0) is 37.0 Å². The fourth-order valence-electron chi connectivity index (χ4n) is 2.96. The number of halogens is 2. The molecule has 1 aromatic carbocycles. The van der Waals surface area contributed by atoms with Crippen LogP contribution in [0.25, 0.3) is 0 Å². The lowest BCUT2D eigenvalue weighted by molar-refractivity contribution is -0.127.